The molecule has 6 rings (SSSR count). The highest BCUT2D eigenvalue weighted by atomic mass is 29.5. The molecule has 0 N–H and O–H groups in total. The Labute approximate surface area is 190 Å². The first kappa shape index (κ1) is 20.6. The van der Waals surface area contributed by atoms with Crippen molar-refractivity contribution >= 4 is 69.2 Å². The van der Waals surface area contributed by atoms with Gasteiger partial charge in [-0.1, -0.05) is 66.7 Å². The van der Waals surface area contributed by atoms with Crippen LogP contribution >= 0.6 is 0 Å². The summed E-state index contributed by atoms with van der Waals surface area (Å²) < 4.78 is 5.38. The topological polar surface area (TPSA) is 9.23 Å². The highest BCUT2D eigenvalue weighted by Gasteiger charge is 2.10. The molecular formula is C27H30OSi3. The Morgan fingerprint density at radius 1 is 0.710 bits per heavy atom. The normalized spacial score (nSPS) is 18.1. The van der Waals surface area contributed by atoms with Crippen molar-refractivity contribution in [2.45, 2.75) is 26.4 Å². The summed E-state index contributed by atoms with van der Waals surface area (Å²) in [6.45, 7) is 8.07. The van der Waals surface area contributed by atoms with E-state index in [4.69, 9.17) is 4.43 Å². The predicted octanol–water partition coefficient (Wildman–Crippen LogP) is 5.45. The van der Waals surface area contributed by atoms with Crippen molar-refractivity contribution in [2.24, 2.45) is 0 Å². The first-order chi connectivity index (χ1) is 15.1. The number of rotatable bonds is 0. The van der Waals surface area contributed by atoms with Crippen molar-refractivity contribution in [2.75, 3.05) is 6.61 Å². The molecule has 1 atom stereocenters. The lowest BCUT2D eigenvalue weighted by Crippen LogP contribution is -2.32. The van der Waals surface area contributed by atoms with E-state index in [1.54, 1.807) is 0 Å². The van der Waals surface area contributed by atoms with Crippen LogP contribution in [0.3, 0.4) is 0 Å². The lowest BCUT2D eigenvalue weighted by atomic mass is 9.92. The molecule has 0 aromatic heterocycles. The fourth-order valence-electron chi connectivity index (χ4n) is 4.76. The average molecular weight is 455 g/mol. The van der Waals surface area contributed by atoms with Crippen LogP contribution in [0.15, 0.2) is 72.8 Å². The minimum atomic E-state index is -0.0189. The summed E-state index contributed by atoms with van der Waals surface area (Å²) in [5.41, 5.74) is 2.69. The van der Waals surface area contributed by atoms with Gasteiger partial charge in [0, 0.05) is 23.5 Å². The number of aryl methyl sites for hydroxylation is 2. The summed E-state index contributed by atoms with van der Waals surface area (Å²) in [7, 11) is 0.631. The van der Waals surface area contributed by atoms with Crippen molar-refractivity contribution in [1.82, 2.24) is 0 Å². The second-order valence-electron chi connectivity index (χ2n) is 9.10. The molecule has 1 fully saturated rings. The maximum Gasteiger partial charge on any atom is 0.140 e. The summed E-state index contributed by atoms with van der Waals surface area (Å²) >= 11 is 0. The highest BCUT2D eigenvalue weighted by molar-refractivity contribution is 7.34. The Morgan fingerprint density at radius 2 is 1.42 bits per heavy atom. The molecule has 5 aromatic carbocycles. The molecule has 0 saturated carbocycles. The summed E-state index contributed by atoms with van der Waals surface area (Å²) in [4.78, 5) is 0. The summed E-state index contributed by atoms with van der Waals surface area (Å²) in [6.07, 6.45) is 0. The third kappa shape index (κ3) is 4.13. The zero-order valence-electron chi connectivity index (χ0n) is 18.7. The van der Waals surface area contributed by atoms with Crippen molar-refractivity contribution in [1.29, 1.82) is 0 Å². The minimum absolute atomic E-state index is 0.0189. The van der Waals surface area contributed by atoms with E-state index in [0.29, 0.717) is 8.55 Å². The molecule has 1 aliphatic rings. The SMILES string of the molecule is C[SiH]1CCO[SiH2][SiH2]1.Cc1ccc2cc3c(ccc4cc5ccccc5cc43)c(C)c2c1. The Balaban J connectivity index is 0.000000250. The fraction of sp³-hybridized carbons (Fsp3) is 0.185. The number of fused-ring (bicyclic) bond motifs is 5. The van der Waals surface area contributed by atoms with Crippen molar-refractivity contribution in [3.8, 4) is 0 Å². The quantitative estimate of drug-likeness (QED) is 0.172. The van der Waals surface area contributed by atoms with Gasteiger partial charge in [0.05, 0.1) is 0 Å². The molecule has 4 heteroatoms. The minimum Gasteiger partial charge on any atom is -0.428 e. The molecule has 0 amide bonds. The van der Waals surface area contributed by atoms with E-state index in [2.05, 4.69) is 93.2 Å². The zero-order valence-corrected chi connectivity index (χ0v) is 22.7. The second kappa shape index (κ2) is 8.71. The van der Waals surface area contributed by atoms with E-state index < -0.39 is 0 Å². The molecule has 156 valence electrons. The van der Waals surface area contributed by atoms with Gasteiger partial charge in [0.1, 0.15) is 9.28 Å². The molecule has 1 aliphatic heterocycles. The Morgan fingerprint density at radius 3 is 2.13 bits per heavy atom. The highest BCUT2D eigenvalue weighted by Crippen LogP contribution is 2.35. The van der Waals surface area contributed by atoms with Gasteiger partial charge in [0.25, 0.3) is 0 Å². The molecule has 1 nitrogen and oxygen atoms in total. The second-order valence-corrected chi connectivity index (χ2v) is 25.6. The van der Waals surface area contributed by atoms with Crippen LogP contribution in [0.25, 0.3) is 43.1 Å². The lowest BCUT2D eigenvalue weighted by Gasteiger charge is -2.14. The van der Waals surface area contributed by atoms with Crippen LogP contribution in [0, 0.1) is 13.8 Å². The van der Waals surface area contributed by atoms with E-state index in [9.17, 15) is 0 Å². The maximum atomic E-state index is 5.38. The average Bonchev–Trinajstić information content (AvgIpc) is 2.79. The van der Waals surface area contributed by atoms with E-state index in [1.807, 2.05) is 0 Å². The summed E-state index contributed by atoms with van der Waals surface area (Å²) in [6, 6.07) is 28.4. The molecule has 1 unspecified atom stereocenters. The van der Waals surface area contributed by atoms with Crippen LogP contribution < -0.4 is 0 Å². The fourth-order valence-corrected chi connectivity index (χ4v) is 18.3. The molecule has 1 saturated heterocycles. The van der Waals surface area contributed by atoms with Crippen LogP contribution in [-0.4, -0.2) is 32.8 Å². The molecule has 0 radical (unpaired) electrons. The summed E-state index contributed by atoms with van der Waals surface area (Å²) in [5.74, 6) is 0. The van der Waals surface area contributed by atoms with Crippen LogP contribution in [-0.2, 0) is 4.43 Å². The van der Waals surface area contributed by atoms with Gasteiger partial charge in [-0.05, 0) is 86.7 Å². The first-order valence-corrected chi connectivity index (χ1v) is 21.2. The standard InChI is InChI=1S/C24H18.C3H12OSi3/c1-15-7-8-20-14-24-21(16(2)22(20)11-15)10-9-19-12-17-5-3-4-6-18(17)13-23(19)24;1-7-3-2-4-5-6-7/h3-14H,1-2H3;7H,2-3,5-6H2,1H3. The van der Waals surface area contributed by atoms with Gasteiger partial charge in [0.15, 0.2) is 0 Å². The number of hydrogen-bond donors (Lipinski definition) is 0. The van der Waals surface area contributed by atoms with Crippen LogP contribution in [0.2, 0.25) is 12.6 Å². The molecular weight excluding hydrogens is 425 g/mol. The molecule has 0 aliphatic carbocycles. The van der Waals surface area contributed by atoms with Gasteiger partial charge in [-0.15, -0.1) is 0 Å². The van der Waals surface area contributed by atoms with E-state index in [0.717, 1.165) is 6.61 Å². The van der Waals surface area contributed by atoms with Gasteiger partial charge >= 0.3 is 0 Å². The van der Waals surface area contributed by atoms with Crippen molar-refractivity contribution in [3.05, 3.63) is 83.9 Å². The van der Waals surface area contributed by atoms with Crippen LogP contribution in [0.4, 0.5) is 0 Å². The van der Waals surface area contributed by atoms with Gasteiger partial charge in [-0.2, -0.15) is 0 Å². The third-order valence-electron chi connectivity index (χ3n) is 6.75. The van der Waals surface area contributed by atoms with Crippen molar-refractivity contribution in [3.63, 3.8) is 0 Å². The Bertz CT molecular complexity index is 1400. The van der Waals surface area contributed by atoms with Crippen LogP contribution in [0.5, 0.6) is 0 Å². The third-order valence-corrected chi connectivity index (χ3v) is 26.5. The van der Waals surface area contributed by atoms with Gasteiger partial charge in [0.2, 0.25) is 0 Å². The van der Waals surface area contributed by atoms with Gasteiger partial charge in [-0.25, -0.2) is 0 Å². The zero-order chi connectivity index (χ0) is 21.4. The molecule has 0 spiro atoms. The Kier molecular flexibility index (Phi) is 5.80. The summed E-state index contributed by atoms with van der Waals surface area (Å²) in [5, 5.41) is 10.7. The van der Waals surface area contributed by atoms with E-state index >= 15 is 0 Å². The smallest absolute Gasteiger partial charge is 0.140 e. The number of benzene rings is 5. The monoisotopic (exact) mass is 454 g/mol. The van der Waals surface area contributed by atoms with Crippen molar-refractivity contribution < 1.29 is 4.43 Å². The van der Waals surface area contributed by atoms with Gasteiger partial charge in [-0.3, -0.25) is 0 Å². The van der Waals surface area contributed by atoms with E-state index in [-0.39, 0.29) is 17.6 Å². The van der Waals surface area contributed by atoms with E-state index in [1.165, 1.54) is 60.3 Å². The molecule has 0 bridgehead atoms. The molecule has 1 heterocycles. The van der Waals surface area contributed by atoms with Crippen LogP contribution in [0.1, 0.15) is 11.1 Å². The largest absolute Gasteiger partial charge is 0.428 e. The molecule has 31 heavy (non-hydrogen) atoms. The Hall–Kier alpha value is -2.25. The lowest BCUT2D eigenvalue weighted by molar-refractivity contribution is 0.367. The number of hydrogen-bond acceptors (Lipinski definition) is 1. The molecule has 5 aromatic rings. The predicted molar refractivity (Wildman–Crippen MR) is 147 cm³/mol. The maximum absolute atomic E-state index is 5.38. The first-order valence-electron chi connectivity index (χ1n) is 11.4. The van der Waals surface area contributed by atoms with Gasteiger partial charge < -0.3 is 4.43 Å².